The van der Waals surface area contributed by atoms with Gasteiger partial charge in [-0.15, -0.1) is 11.3 Å². The second kappa shape index (κ2) is 7.87. The van der Waals surface area contributed by atoms with E-state index in [2.05, 4.69) is 9.72 Å². The van der Waals surface area contributed by atoms with Crippen LogP contribution in [-0.2, 0) is 11.3 Å². The molecule has 0 saturated heterocycles. The van der Waals surface area contributed by atoms with E-state index in [4.69, 9.17) is 0 Å². The zero-order valence-electron chi connectivity index (χ0n) is 13.5. The first-order valence-corrected chi connectivity index (χ1v) is 8.32. The van der Waals surface area contributed by atoms with Crippen molar-refractivity contribution in [2.75, 3.05) is 13.7 Å². The number of rotatable bonds is 6. The molecule has 0 unspecified atom stereocenters. The van der Waals surface area contributed by atoms with Gasteiger partial charge >= 0.3 is 5.97 Å². The predicted molar refractivity (Wildman–Crippen MR) is 89.7 cm³/mol. The standard InChI is InChI=1S/C17H20N2O3S/c1-4-9-19(16(20)13-8-6-5-7-12(13)2)10-15-18-14(11-23-15)17(21)22-3/h5-8,11H,4,9-10H2,1-3H3. The van der Waals surface area contributed by atoms with Crippen molar-refractivity contribution in [2.45, 2.75) is 26.8 Å². The molecule has 0 fully saturated rings. The highest BCUT2D eigenvalue weighted by atomic mass is 32.1. The summed E-state index contributed by atoms with van der Waals surface area (Å²) >= 11 is 1.36. The van der Waals surface area contributed by atoms with E-state index in [1.54, 1.807) is 10.3 Å². The Hall–Kier alpha value is -2.21. The Kier molecular flexibility index (Phi) is 5.87. The Bertz CT molecular complexity index is 697. The van der Waals surface area contributed by atoms with Gasteiger partial charge in [0.1, 0.15) is 5.01 Å². The van der Waals surface area contributed by atoms with E-state index in [0.717, 1.165) is 17.0 Å². The average Bonchev–Trinajstić information content (AvgIpc) is 3.02. The van der Waals surface area contributed by atoms with Crippen LogP contribution in [0.25, 0.3) is 0 Å². The molecule has 1 aromatic carbocycles. The Labute approximate surface area is 139 Å². The number of methoxy groups -OCH3 is 1. The van der Waals surface area contributed by atoms with Crippen molar-refractivity contribution >= 4 is 23.2 Å². The molecule has 0 N–H and O–H groups in total. The van der Waals surface area contributed by atoms with E-state index in [-0.39, 0.29) is 11.6 Å². The number of hydrogen-bond donors (Lipinski definition) is 0. The van der Waals surface area contributed by atoms with Crippen LogP contribution in [-0.4, -0.2) is 35.4 Å². The molecule has 1 amide bonds. The molecule has 122 valence electrons. The van der Waals surface area contributed by atoms with E-state index >= 15 is 0 Å². The third kappa shape index (κ3) is 4.16. The highest BCUT2D eigenvalue weighted by Gasteiger charge is 2.19. The van der Waals surface area contributed by atoms with E-state index in [9.17, 15) is 9.59 Å². The van der Waals surface area contributed by atoms with Gasteiger partial charge in [0.2, 0.25) is 0 Å². The minimum atomic E-state index is -0.459. The summed E-state index contributed by atoms with van der Waals surface area (Å²) in [7, 11) is 1.33. The molecular weight excluding hydrogens is 312 g/mol. The molecule has 0 saturated carbocycles. The smallest absolute Gasteiger partial charge is 0.357 e. The number of benzene rings is 1. The summed E-state index contributed by atoms with van der Waals surface area (Å²) in [6.07, 6.45) is 0.854. The predicted octanol–water partition coefficient (Wildman–Crippen LogP) is 3.29. The van der Waals surface area contributed by atoms with Crippen LogP contribution in [0, 0.1) is 6.92 Å². The second-order valence-corrected chi connectivity index (χ2v) is 6.10. The first-order chi connectivity index (χ1) is 11.1. The number of thiazole rings is 1. The van der Waals surface area contributed by atoms with Crippen LogP contribution < -0.4 is 0 Å². The van der Waals surface area contributed by atoms with Gasteiger partial charge in [0, 0.05) is 17.5 Å². The van der Waals surface area contributed by atoms with E-state index in [1.165, 1.54) is 18.4 Å². The van der Waals surface area contributed by atoms with Gasteiger partial charge in [0.15, 0.2) is 5.69 Å². The van der Waals surface area contributed by atoms with Crippen molar-refractivity contribution in [3.8, 4) is 0 Å². The van der Waals surface area contributed by atoms with Gasteiger partial charge in [0.25, 0.3) is 5.91 Å². The molecular formula is C17H20N2O3S. The minimum absolute atomic E-state index is 0.0141. The number of hydrogen-bond acceptors (Lipinski definition) is 5. The van der Waals surface area contributed by atoms with Gasteiger partial charge in [-0.1, -0.05) is 25.1 Å². The Morgan fingerprint density at radius 3 is 2.70 bits per heavy atom. The number of ether oxygens (including phenoxy) is 1. The van der Waals surface area contributed by atoms with Crippen LogP contribution in [0.15, 0.2) is 29.6 Å². The van der Waals surface area contributed by atoms with Crippen LogP contribution in [0.1, 0.15) is 44.8 Å². The van der Waals surface area contributed by atoms with E-state index in [1.807, 2.05) is 38.1 Å². The normalized spacial score (nSPS) is 10.4. The minimum Gasteiger partial charge on any atom is -0.464 e. The Morgan fingerprint density at radius 1 is 1.30 bits per heavy atom. The monoisotopic (exact) mass is 332 g/mol. The molecule has 2 aromatic rings. The van der Waals surface area contributed by atoms with Crippen molar-refractivity contribution in [3.05, 3.63) is 51.5 Å². The summed E-state index contributed by atoms with van der Waals surface area (Å²) in [5.74, 6) is -0.473. The molecule has 0 radical (unpaired) electrons. The molecule has 23 heavy (non-hydrogen) atoms. The number of carbonyl (C=O) groups is 2. The maximum atomic E-state index is 12.8. The van der Waals surface area contributed by atoms with Crippen molar-refractivity contribution < 1.29 is 14.3 Å². The number of carbonyl (C=O) groups excluding carboxylic acids is 2. The Balaban J connectivity index is 2.18. The highest BCUT2D eigenvalue weighted by Crippen LogP contribution is 2.17. The molecule has 0 bridgehead atoms. The van der Waals surface area contributed by atoms with Gasteiger partial charge in [-0.2, -0.15) is 0 Å². The lowest BCUT2D eigenvalue weighted by molar-refractivity contribution is 0.0594. The van der Waals surface area contributed by atoms with Crippen LogP contribution in [0.2, 0.25) is 0 Å². The zero-order chi connectivity index (χ0) is 16.8. The lowest BCUT2D eigenvalue weighted by atomic mass is 10.1. The average molecular weight is 332 g/mol. The molecule has 6 heteroatoms. The Morgan fingerprint density at radius 2 is 2.04 bits per heavy atom. The van der Waals surface area contributed by atoms with Gasteiger partial charge in [-0.3, -0.25) is 4.79 Å². The van der Waals surface area contributed by atoms with E-state index in [0.29, 0.717) is 18.7 Å². The summed E-state index contributed by atoms with van der Waals surface area (Å²) in [5.41, 5.74) is 1.94. The zero-order valence-corrected chi connectivity index (χ0v) is 14.4. The first kappa shape index (κ1) is 17.1. The molecule has 0 spiro atoms. The summed E-state index contributed by atoms with van der Waals surface area (Å²) in [4.78, 5) is 30.3. The number of aryl methyl sites for hydroxylation is 1. The molecule has 1 heterocycles. The van der Waals surface area contributed by atoms with Crippen LogP contribution in [0.5, 0.6) is 0 Å². The molecule has 0 aliphatic rings. The molecule has 0 atom stereocenters. The van der Waals surface area contributed by atoms with Gasteiger partial charge in [-0.25, -0.2) is 9.78 Å². The third-order valence-electron chi connectivity index (χ3n) is 3.43. The fourth-order valence-corrected chi connectivity index (χ4v) is 3.03. The maximum absolute atomic E-state index is 12.8. The molecule has 2 rings (SSSR count). The van der Waals surface area contributed by atoms with Crippen molar-refractivity contribution in [2.24, 2.45) is 0 Å². The van der Waals surface area contributed by atoms with Crippen molar-refractivity contribution in [3.63, 3.8) is 0 Å². The maximum Gasteiger partial charge on any atom is 0.357 e. The molecule has 1 aromatic heterocycles. The number of nitrogens with zero attached hydrogens (tertiary/aromatic N) is 2. The third-order valence-corrected chi connectivity index (χ3v) is 4.26. The second-order valence-electron chi connectivity index (χ2n) is 5.16. The van der Waals surface area contributed by atoms with Gasteiger partial charge < -0.3 is 9.64 Å². The fourth-order valence-electron chi connectivity index (χ4n) is 2.25. The summed E-state index contributed by atoms with van der Waals surface area (Å²) in [5, 5.41) is 2.38. The lowest BCUT2D eigenvalue weighted by Gasteiger charge is -2.22. The lowest BCUT2D eigenvalue weighted by Crippen LogP contribution is -2.31. The van der Waals surface area contributed by atoms with Gasteiger partial charge in [-0.05, 0) is 25.0 Å². The highest BCUT2D eigenvalue weighted by molar-refractivity contribution is 7.09. The van der Waals surface area contributed by atoms with Crippen LogP contribution in [0.3, 0.4) is 0 Å². The molecule has 0 aliphatic heterocycles. The molecule has 0 aliphatic carbocycles. The van der Waals surface area contributed by atoms with Crippen molar-refractivity contribution in [1.29, 1.82) is 0 Å². The summed E-state index contributed by atoms with van der Waals surface area (Å²) < 4.78 is 4.66. The van der Waals surface area contributed by atoms with Gasteiger partial charge in [0.05, 0.1) is 13.7 Å². The molecule has 5 nitrogen and oxygen atoms in total. The summed E-state index contributed by atoms with van der Waals surface area (Å²) in [6.45, 7) is 4.99. The fraction of sp³-hybridized carbons (Fsp3) is 0.353. The van der Waals surface area contributed by atoms with Crippen molar-refractivity contribution in [1.82, 2.24) is 9.88 Å². The number of aromatic nitrogens is 1. The quantitative estimate of drug-likeness (QED) is 0.762. The number of esters is 1. The SMILES string of the molecule is CCCN(Cc1nc(C(=O)OC)cs1)C(=O)c1ccccc1C. The first-order valence-electron chi connectivity index (χ1n) is 7.44. The van der Waals surface area contributed by atoms with Crippen LogP contribution in [0.4, 0.5) is 0 Å². The topological polar surface area (TPSA) is 59.5 Å². The van der Waals surface area contributed by atoms with E-state index < -0.39 is 5.97 Å². The van der Waals surface area contributed by atoms with Crippen LogP contribution >= 0.6 is 11.3 Å². The number of amides is 1. The largest absolute Gasteiger partial charge is 0.464 e. The summed E-state index contributed by atoms with van der Waals surface area (Å²) in [6, 6.07) is 7.54.